The highest BCUT2D eigenvalue weighted by molar-refractivity contribution is 7.89. The van der Waals surface area contributed by atoms with E-state index < -0.39 is 29.2 Å². The lowest BCUT2D eigenvalue weighted by atomic mass is 10.1. The Labute approximate surface area is 116 Å². The number of halogens is 3. The third-order valence-electron chi connectivity index (χ3n) is 2.60. The Hall–Kier alpha value is -1.12. The van der Waals surface area contributed by atoms with Gasteiger partial charge in [-0.05, 0) is 37.7 Å². The Morgan fingerprint density at radius 2 is 1.70 bits per heavy atom. The summed E-state index contributed by atoms with van der Waals surface area (Å²) in [6, 6.07) is 6.08. The normalized spacial score (nSPS) is 12.6. The van der Waals surface area contributed by atoms with Gasteiger partial charge in [-0.1, -0.05) is 12.1 Å². The molecular formula is C12H17F3N2O2S. The Morgan fingerprint density at radius 1 is 1.10 bits per heavy atom. The summed E-state index contributed by atoms with van der Waals surface area (Å²) < 4.78 is 61.3. The van der Waals surface area contributed by atoms with Crippen molar-refractivity contribution in [2.24, 2.45) is 0 Å². The molecule has 1 aromatic rings. The first-order chi connectivity index (χ1) is 9.24. The molecule has 20 heavy (non-hydrogen) atoms. The van der Waals surface area contributed by atoms with Crippen LogP contribution in [0.1, 0.15) is 12.0 Å². The quantitative estimate of drug-likeness (QED) is 0.805. The largest absolute Gasteiger partial charge is 0.390 e. The highest BCUT2D eigenvalue weighted by Crippen LogP contribution is 2.19. The van der Waals surface area contributed by atoms with Gasteiger partial charge in [-0.15, -0.1) is 0 Å². The minimum atomic E-state index is -4.38. The molecule has 0 aliphatic rings. The highest BCUT2D eigenvalue weighted by Gasteiger charge is 2.27. The molecule has 0 amide bonds. The average Bonchev–Trinajstić information content (AvgIpc) is 2.35. The third-order valence-corrected chi connectivity index (χ3v) is 4.07. The fourth-order valence-electron chi connectivity index (χ4n) is 1.52. The van der Waals surface area contributed by atoms with Crippen molar-refractivity contribution < 1.29 is 21.6 Å². The van der Waals surface area contributed by atoms with Gasteiger partial charge in [-0.2, -0.15) is 13.2 Å². The molecule has 1 rings (SSSR count). The Morgan fingerprint density at radius 3 is 2.20 bits per heavy atom. The Balaban J connectivity index is 2.63. The van der Waals surface area contributed by atoms with E-state index in [-0.39, 0.29) is 4.90 Å². The molecule has 0 saturated heterocycles. The van der Waals surface area contributed by atoms with Gasteiger partial charge in [0.05, 0.1) is 11.3 Å². The molecule has 8 heteroatoms. The summed E-state index contributed by atoms with van der Waals surface area (Å²) in [4.78, 5) is -0.0344. The van der Waals surface area contributed by atoms with Crippen LogP contribution in [-0.2, 0) is 16.4 Å². The maximum absolute atomic E-state index is 12.0. The number of hydrogen-bond donors (Lipinski definition) is 2. The van der Waals surface area contributed by atoms with E-state index in [9.17, 15) is 21.6 Å². The van der Waals surface area contributed by atoms with E-state index >= 15 is 0 Å². The van der Waals surface area contributed by atoms with Crippen molar-refractivity contribution in [1.29, 1.82) is 0 Å². The molecule has 0 spiro atoms. The maximum Gasteiger partial charge on any atom is 0.390 e. The second-order valence-electron chi connectivity index (χ2n) is 4.26. The van der Waals surface area contributed by atoms with Crippen molar-refractivity contribution >= 4 is 10.0 Å². The van der Waals surface area contributed by atoms with Gasteiger partial charge >= 0.3 is 6.18 Å². The van der Waals surface area contributed by atoms with Crippen LogP contribution in [-0.4, -0.2) is 34.7 Å². The first-order valence-electron chi connectivity index (χ1n) is 6.04. The van der Waals surface area contributed by atoms with Gasteiger partial charge in [0.15, 0.2) is 0 Å². The number of alkyl halides is 3. The van der Waals surface area contributed by atoms with E-state index in [1.165, 1.54) is 12.1 Å². The zero-order chi connectivity index (χ0) is 15.2. The second-order valence-corrected chi connectivity index (χ2v) is 6.03. The number of likely N-dealkylation sites (N-methyl/N-ethyl adjacent to an activating group) is 1. The number of sulfonamides is 1. The van der Waals surface area contributed by atoms with E-state index in [0.717, 1.165) is 18.5 Å². The van der Waals surface area contributed by atoms with Crippen LogP contribution in [0.5, 0.6) is 0 Å². The fraction of sp³-hybridized carbons (Fsp3) is 0.500. The van der Waals surface area contributed by atoms with E-state index in [1.54, 1.807) is 12.1 Å². The molecule has 0 unspecified atom stereocenters. The first kappa shape index (κ1) is 16.9. The van der Waals surface area contributed by atoms with E-state index in [2.05, 4.69) is 5.32 Å². The van der Waals surface area contributed by atoms with Crippen molar-refractivity contribution in [3.05, 3.63) is 29.8 Å². The maximum atomic E-state index is 12.0. The zero-order valence-electron chi connectivity index (χ0n) is 11.0. The second kappa shape index (κ2) is 7.05. The van der Waals surface area contributed by atoms with Crippen molar-refractivity contribution in [3.63, 3.8) is 0 Å². The fourth-order valence-corrected chi connectivity index (χ4v) is 2.55. The smallest absolute Gasteiger partial charge is 0.319 e. The molecule has 0 atom stereocenters. The van der Waals surface area contributed by atoms with Gasteiger partial charge in [0, 0.05) is 6.54 Å². The molecule has 0 heterocycles. The summed E-state index contributed by atoms with van der Waals surface area (Å²) in [6.07, 6.45) is -4.82. The topological polar surface area (TPSA) is 58.2 Å². The monoisotopic (exact) mass is 310 g/mol. The Bertz CT molecular complexity index is 512. The molecule has 0 fully saturated rings. The molecule has 0 radical (unpaired) electrons. The number of hydrogen-bond acceptors (Lipinski definition) is 3. The van der Waals surface area contributed by atoms with Crippen LogP contribution < -0.4 is 10.0 Å². The van der Waals surface area contributed by atoms with Crippen molar-refractivity contribution in [2.45, 2.75) is 23.9 Å². The highest BCUT2D eigenvalue weighted by atomic mass is 32.2. The predicted octanol–water partition coefficient (Wildman–Crippen LogP) is 1.68. The number of benzene rings is 1. The van der Waals surface area contributed by atoms with Crippen LogP contribution in [0, 0.1) is 0 Å². The molecule has 0 aromatic heterocycles. The molecular weight excluding hydrogens is 293 g/mol. The van der Waals surface area contributed by atoms with Gasteiger partial charge in [0.25, 0.3) is 0 Å². The summed E-state index contributed by atoms with van der Waals surface area (Å²) in [7, 11) is -2.08. The van der Waals surface area contributed by atoms with E-state index in [4.69, 9.17) is 0 Å². The van der Waals surface area contributed by atoms with Crippen LogP contribution in [0.2, 0.25) is 0 Å². The zero-order valence-corrected chi connectivity index (χ0v) is 11.8. The van der Waals surface area contributed by atoms with E-state index in [1.807, 2.05) is 11.8 Å². The van der Waals surface area contributed by atoms with Crippen molar-refractivity contribution in [2.75, 3.05) is 20.1 Å². The van der Waals surface area contributed by atoms with Crippen LogP contribution in [0.25, 0.3) is 0 Å². The van der Waals surface area contributed by atoms with Crippen molar-refractivity contribution in [3.8, 4) is 0 Å². The van der Waals surface area contributed by atoms with Crippen LogP contribution in [0.4, 0.5) is 13.2 Å². The summed E-state index contributed by atoms with van der Waals surface area (Å²) >= 11 is 0. The van der Waals surface area contributed by atoms with Gasteiger partial charge in [0.1, 0.15) is 0 Å². The Kier molecular flexibility index (Phi) is 5.97. The molecule has 0 saturated carbocycles. The van der Waals surface area contributed by atoms with Gasteiger partial charge in [-0.3, -0.25) is 0 Å². The molecule has 1 aromatic carbocycles. The SMILES string of the molecule is CNCCc1ccc(S(=O)(=O)NCCC(F)(F)F)cc1. The molecule has 0 aliphatic carbocycles. The molecule has 2 N–H and O–H groups in total. The van der Waals surface area contributed by atoms with Gasteiger partial charge in [-0.25, -0.2) is 13.1 Å². The minimum absolute atomic E-state index is 0.0344. The van der Waals surface area contributed by atoms with Crippen molar-refractivity contribution in [1.82, 2.24) is 10.0 Å². The van der Waals surface area contributed by atoms with Gasteiger partial charge in [0.2, 0.25) is 10.0 Å². The number of nitrogens with one attached hydrogen (secondary N) is 2. The van der Waals surface area contributed by atoms with Crippen LogP contribution in [0.3, 0.4) is 0 Å². The summed E-state index contributed by atoms with van der Waals surface area (Å²) in [5.41, 5.74) is 0.952. The molecule has 0 bridgehead atoms. The molecule has 4 nitrogen and oxygen atoms in total. The summed E-state index contributed by atoms with van der Waals surface area (Å²) in [6.45, 7) is 0.100. The summed E-state index contributed by atoms with van der Waals surface area (Å²) in [5.74, 6) is 0. The first-order valence-corrected chi connectivity index (χ1v) is 7.53. The van der Waals surface area contributed by atoms with E-state index in [0.29, 0.717) is 0 Å². The standard InChI is InChI=1S/C12H17F3N2O2S/c1-16-8-6-10-2-4-11(5-3-10)20(18,19)17-9-7-12(13,14)15/h2-5,16-17H,6-9H2,1H3. The van der Waals surface area contributed by atoms with Crippen LogP contribution >= 0.6 is 0 Å². The lowest BCUT2D eigenvalue weighted by Crippen LogP contribution is -2.28. The third kappa shape index (κ3) is 5.89. The number of rotatable bonds is 7. The predicted molar refractivity (Wildman–Crippen MR) is 69.9 cm³/mol. The van der Waals surface area contributed by atoms with Crippen LogP contribution in [0.15, 0.2) is 29.2 Å². The lowest BCUT2D eigenvalue weighted by Gasteiger charge is -2.09. The lowest BCUT2D eigenvalue weighted by molar-refractivity contribution is -0.132. The minimum Gasteiger partial charge on any atom is -0.319 e. The van der Waals surface area contributed by atoms with Gasteiger partial charge < -0.3 is 5.32 Å². The average molecular weight is 310 g/mol. The molecule has 0 aliphatic heterocycles. The summed E-state index contributed by atoms with van der Waals surface area (Å²) in [5, 5.41) is 2.97. The molecule has 114 valence electrons.